The predicted octanol–water partition coefficient (Wildman–Crippen LogP) is 4.79. The minimum Gasteiger partial charge on any atom is -0.388 e. The fourth-order valence-electron chi connectivity index (χ4n) is 3.85. The Labute approximate surface area is 164 Å². The molecule has 0 heterocycles. The number of hydrogen-bond donors (Lipinski definition) is 1. The largest absolute Gasteiger partial charge is 0.388 e. The highest BCUT2D eigenvalue weighted by Gasteiger charge is 2.27. The van der Waals surface area contributed by atoms with Crippen molar-refractivity contribution in [1.29, 1.82) is 0 Å². The lowest BCUT2D eigenvalue weighted by Gasteiger charge is -2.37. The predicted molar refractivity (Wildman–Crippen MR) is 110 cm³/mol. The summed E-state index contributed by atoms with van der Waals surface area (Å²) >= 11 is 0. The molecular formula is C24H33NO2. The first-order valence-corrected chi connectivity index (χ1v) is 10.2. The smallest absolute Gasteiger partial charge is 0.0824 e. The Balaban J connectivity index is 1.61. The lowest BCUT2D eigenvalue weighted by atomic mass is 9.91. The molecule has 27 heavy (non-hydrogen) atoms. The van der Waals surface area contributed by atoms with Gasteiger partial charge in [-0.25, -0.2) is 0 Å². The SMILES string of the molecule is CC(C)(O)CO[C@H]1CC[C@@H](N(Cc2ccccc2)Cc2ccccc2)CC1. The zero-order valence-corrected chi connectivity index (χ0v) is 16.7. The number of rotatable bonds is 8. The van der Waals surface area contributed by atoms with Crippen LogP contribution in [-0.4, -0.2) is 34.4 Å². The van der Waals surface area contributed by atoms with E-state index in [2.05, 4.69) is 65.6 Å². The van der Waals surface area contributed by atoms with Gasteiger partial charge >= 0.3 is 0 Å². The van der Waals surface area contributed by atoms with Crippen LogP contribution in [0.4, 0.5) is 0 Å². The highest BCUT2D eigenvalue weighted by atomic mass is 16.5. The third-order valence-electron chi connectivity index (χ3n) is 5.29. The van der Waals surface area contributed by atoms with Gasteiger partial charge in [-0.15, -0.1) is 0 Å². The van der Waals surface area contributed by atoms with Gasteiger partial charge in [0.05, 0.1) is 18.3 Å². The molecule has 0 spiro atoms. The Morgan fingerprint density at radius 1 is 0.852 bits per heavy atom. The van der Waals surface area contributed by atoms with E-state index in [4.69, 9.17) is 4.74 Å². The molecule has 2 aromatic carbocycles. The molecule has 1 aliphatic rings. The van der Waals surface area contributed by atoms with Gasteiger partial charge in [-0.05, 0) is 50.7 Å². The summed E-state index contributed by atoms with van der Waals surface area (Å²) in [5.74, 6) is 0. The first kappa shape index (κ1) is 20.1. The zero-order valence-electron chi connectivity index (χ0n) is 16.7. The van der Waals surface area contributed by atoms with E-state index >= 15 is 0 Å². The van der Waals surface area contributed by atoms with Crippen LogP contribution in [0.3, 0.4) is 0 Å². The van der Waals surface area contributed by atoms with E-state index in [1.54, 1.807) is 13.8 Å². The second kappa shape index (κ2) is 9.50. The molecule has 146 valence electrons. The minimum atomic E-state index is -0.747. The minimum absolute atomic E-state index is 0.281. The zero-order chi connectivity index (χ0) is 19.1. The van der Waals surface area contributed by atoms with E-state index < -0.39 is 5.60 Å². The molecule has 0 aliphatic heterocycles. The van der Waals surface area contributed by atoms with Crippen molar-refractivity contribution in [3.63, 3.8) is 0 Å². The maximum absolute atomic E-state index is 9.88. The number of ether oxygens (including phenoxy) is 1. The van der Waals surface area contributed by atoms with E-state index in [1.165, 1.54) is 11.1 Å². The van der Waals surface area contributed by atoms with Crippen molar-refractivity contribution in [3.05, 3.63) is 71.8 Å². The van der Waals surface area contributed by atoms with Crippen LogP contribution in [0.25, 0.3) is 0 Å². The molecule has 0 aromatic heterocycles. The van der Waals surface area contributed by atoms with Crippen LogP contribution in [-0.2, 0) is 17.8 Å². The molecule has 1 aliphatic carbocycles. The molecule has 0 atom stereocenters. The second-order valence-electron chi connectivity index (χ2n) is 8.43. The van der Waals surface area contributed by atoms with Crippen molar-refractivity contribution in [2.75, 3.05) is 6.61 Å². The average Bonchev–Trinajstić information content (AvgIpc) is 2.67. The van der Waals surface area contributed by atoms with Crippen molar-refractivity contribution >= 4 is 0 Å². The van der Waals surface area contributed by atoms with Gasteiger partial charge in [0.25, 0.3) is 0 Å². The highest BCUT2D eigenvalue weighted by Crippen LogP contribution is 2.28. The van der Waals surface area contributed by atoms with E-state index in [1.807, 2.05) is 0 Å². The monoisotopic (exact) mass is 367 g/mol. The summed E-state index contributed by atoms with van der Waals surface area (Å²) in [7, 11) is 0. The Kier molecular flexibility index (Phi) is 7.06. The summed E-state index contributed by atoms with van der Waals surface area (Å²) in [6, 6.07) is 22.1. The number of benzene rings is 2. The van der Waals surface area contributed by atoms with Crippen LogP contribution in [0.15, 0.2) is 60.7 Å². The third-order valence-corrected chi connectivity index (χ3v) is 5.29. The van der Waals surface area contributed by atoms with Crippen LogP contribution >= 0.6 is 0 Å². The van der Waals surface area contributed by atoms with Crippen LogP contribution in [0.2, 0.25) is 0 Å². The van der Waals surface area contributed by atoms with Gasteiger partial charge in [-0.1, -0.05) is 60.7 Å². The molecule has 3 rings (SSSR count). The summed E-state index contributed by atoms with van der Waals surface area (Å²) < 4.78 is 5.94. The molecular weight excluding hydrogens is 334 g/mol. The fourth-order valence-corrected chi connectivity index (χ4v) is 3.85. The molecule has 0 unspecified atom stereocenters. The van der Waals surface area contributed by atoms with Crippen molar-refractivity contribution in [2.45, 2.75) is 70.4 Å². The molecule has 3 nitrogen and oxygen atoms in total. The number of nitrogens with zero attached hydrogens (tertiary/aromatic N) is 1. The lowest BCUT2D eigenvalue weighted by Crippen LogP contribution is -2.39. The van der Waals surface area contributed by atoms with Gasteiger partial charge in [0.1, 0.15) is 0 Å². The Bertz CT molecular complexity index is 616. The second-order valence-corrected chi connectivity index (χ2v) is 8.43. The number of hydrogen-bond acceptors (Lipinski definition) is 3. The molecule has 0 bridgehead atoms. The first-order valence-electron chi connectivity index (χ1n) is 10.2. The van der Waals surface area contributed by atoms with Gasteiger partial charge in [-0.3, -0.25) is 4.90 Å². The van der Waals surface area contributed by atoms with Crippen LogP contribution in [0.1, 0.15) is 50.7 Å². The van der Waals surface area contributed by atoms with Gasteiger partial charge in [0.15, 0.2) is 0 Å². The summed E-state index contributed by atoms with van der Waals surface area (Å²) in [6.07, 6.45) is 4.72. The molecule has 1 saturated carbocycles. The Morgan fingerprint density at radius 3 is 1.78 bits per heavy atom. The van der Waals surface area contributed by atoms with Crippen LogP contribution in [0, 0.1) is 0 Å². The van der Waals surface area contributed by atoms with Crippen molar-refractivity contribution in [3.8, 4) is 0 Å². The van der Waals surface area contributed by atoms with Crippen molar-refractivity contribution in [2.24, 2.45) is 0 Å². The Hall–Kier alpha value is -1.68. The van der Waals surface area contributed by atoms with Gasteiger partial charge in [0, 0.05) is 19.1 Å². The number of aliphatic hydroxyl groups is 1. The van der Waals surface area contributed by atoms with Crippen molar-refractivity contribution in [1.82, 2.24) is 4.90 Å². The highest BCUT2D eigenvalue weighted by molar-refractivity contribution is 5.17. The lowest BCUT2D eigenvalue weighted by molar-refractivity contribution is -0.0691. The van der Waals surface area contributed by atoms with Gasteiger partial charge in [-0.2, -0.15) is 0 Å². The van der Waals surface area contributed by atoms with E-state index in [0.717, 1.165) is 38.8 Å². The first-order chi connectivity index (χ1) is 13.0. The van der Waals surface area contributed by atoms with Crippen LogP contribution in [0.5, 0.6) is 0 Å². The van der Waals surface area contributed by atoms with E-state index in [9.17, 15) is 5.11 Å². The molecule has 3 heteroatoms. The summed E-state index contributed by atoms with van der Waals surface area (Å²) in [6.45, 7) is 5.99. The van der Waals surface area contributed by atoms with E-state index in [0.29, 0.717) is 12.6 Å². The quantitative estimate of drug-likeness (QED) is 0.728. The maximum atomic E-state index is 9.88. The standard InChI is InChI=1S/C24H33NO2/c1-24(2,26)19-27-23-15-13-22(14-16-23)25(17-20-9-5-3-6-10-20)18-21-11-7-4-8-12-21/h3-12,22-23,26H,13-19H2,1-2H3/t22-,23+. The summed E-state index contributed by atoms with van der Waals surface area (Å²) in [4.78, 5) is 2.62. The summed E-state index contributed by atoms with van der Waals surface area (Å²) in [5, 5.41) is 9.88. The molecule has 0 saturated heterocycles. The normalized spacial score (nSPS) is 20.7. The average molecular weight is 368 g/mol. The summed E-state index contributed by atoms with van der Waals surface area (Å²) in [5.41, 5.74) is 1.99. The van der Waals surface area contributed by atoms with Gasteiger partial charge in [0.2, 0.25) is 0 Å². The molecule has 2 aromatic rings. The van der Waals surface area contributed by atoms with Gasteiger partial charge < -0.3 is 9.84 Å². The topological polar surface area (TPSA) is 32.7 Å². The fraction of sp³-hybridized carbons (Fsp3) is 0.500. The molecule has 1 fully saturated rings. The van der Waals surface area contributed by atoms with Crippen molar-refractivity contribution < 1.29 is 9.84 Å². The maximum Gasteiger partial charge on any atom is 0.0824 e. The molecule has 1 N–H and O–H groups in total. The van der Waals surface area contributed by atoms with E-state index in [-0.39, 0.29) is 6.10 Å². The molecule has 0 radical (unpaired) electrons. The third kappa shape index (κ3) is 6.76. The van der Waals surface area contributed by atoms with Crippen LogP contribution < -0.4 is 0 Å². The molecule has 0 amide bonds. The Morgan fingerprint density at radius 2 is 1.33 bits per heavy atom.